The van der Waals surface area contributed by atoms with E-state index in [9.17, 15) is 9.59 Å². The second kappa shape index (κ2) is 7.24. The minimum absolute atomic E-state index is 0.0480. The lowest BCUT2D eigenvalue weighted by molar-refractivity contribution is -0.146. The molecule has 3 atom stereocenters. The monoisotopic (exact) mass is 337 g/mol. The van der Waals surface area contributed by atoms with E-state index in [1.165, 1.54) is 6.42 Å². The van der Waals surface area contributed by atoms with E-state index in [0.29, 0.717) is 25.6 Å². The third-order valence-electron chi connectivity index (χ3n) is 6.31. The van der Waals surface area contributed by atoms with Gasteiger partial charge in [-0.2, -0.15) is 0 Å². The lowest BCUT2D eigenvalue weighted by Gasteiger charge is -2.35. The molecule has 136 valence electrons. The van der Waals surface area contributed by atoms with Crippen LogP contribution in [0.15, 0.2) is 4.99 Å². The molecule has 0 saturated heterocycles. The highest BCUT2D eigenvalue weighted by Crippen LogP contribution is 2.64. The van der Waals surface area contributed by atoms with Gasteiger partial charge in [0.1, 0.15) is 6.04 Å². The van der Waals surface area contributed by atoms with E-state index in [1.807, 2.05) is 0 Å². The van der Waals surface area contributed by atoms with Crippen molar-refractivity contribution in [3.8, 4) is 0 Å². The summed E-state index contributed by atoms with van der Waals surface area (Å²) >= 11 is 0. The van der Waals surface area contributed by atoms with E-state index in [1.54, 1.807) is 13.8 Å². The van der Waals surface area contributed by atoms with E-state index in [0.717, 1.165) is 18.6 Å². The number of hydrogen-bond donors (Lipinski definition) is 0. The molecule has 0 N–H and O–H groups in total. The molecule has 2 aliphatic carbocycles. The lowest BCUT2D eigenvalue weighted by Crippen LogP contribution is -2.34. The molecular formula is C19H31NO4. The molecule has 2 saturated carbocycles. The summed E-state index contributed by atoms with van der Waals surface area (Å²) in [7, 11) is 0. The van der Waals surface area contributed by atoms with Gasteiger partial charge in [0.05, 0.1) is 13.2 Å². The molecular weight excluding hydrogens is 306 g/mol. The quantitative estimate of drug-likeness (QED) is 0.666. The predicted molar refractivity (Wildman–Crippen MR) is 93.0 cm³/mol. The van der Waals surface area contributed by atoms with Gasteiger partial charge in [0.15, 0.2) is 0 Å². The fourth-order valence-electron chi connectivity index (χ4n) is 4.27. The number of rotatable bonds is 7. The van der Waals surface area contributed by atoms with E-state index in [4.69, 9.17) is 14.5 Å². The van der Waals surface area contributed by atoms with Crippen molar-refractivity contribution in [1.29, 1.82) is 0 Å². The molecule has 0 aromatic rings. The minimum atomic E-state index is -0.601. The molecule has 24 heavy (non-hydrogen) atoms. The normalized spacial score (nSPS) is 30.4. The largest absolute Gasteiger partial charge is 0.466 e. The number of ether oxygens (including phenoxy) is 2. The number of esters is 2. The Balaban J connectivity index is 2.16. The maximum Gasteiger partial charge on any atom is 0.330 e. The summed E-state index contributed by atoms with van der Waals surface area (Å²) in [4.78, 5) is 28.7. The molecule has 2 rings (SSSR count). The molecule has 5 heteroatoms. The van der Waals surface area contributed by atoms with Crippen molar-refractivity contribution in [1.82, 2.24) is 0 Å². The topological polar surface area (TPSA) is 65.0 Å². The summed E-state index contributed by atoms with van der Waals surface area (Å²) in [5.41, 5.74) is 1.39. The van der Waals surface area contributed by atoms with Crippen molar-refractivity contribution < 1.29 is 19.1 Å². The SMILES string of the molecule is CCOC(=O)CC[C@H](N=C1C[C@@H]2CC[C@@]1(C)C2(C)C)C(=O)OCC. The van der Waals surface area contributed by atoms with Gasteiger partial charge < -0.3 is 9.47 Å². The first kappa shape index (κ1) is 18.9. The third kappa shape index (κ3) is 3.35. The average molecular weight is 337 g/mol. The van der Waals surface area contributed by atoms with Gasteiger partial charge in [-0.1, -0.05) is 20.8 Å². The van der Waals surface area contributed by atoms with Crippen molar-refractivity contribution in [3.05, 3.63) is 0 Å². The highest BCUT2D eigenvalue weighted by Gasteiger charge is 2.59. The molecule has 2 fully saturated rings. The summed E-state index contributed by atoms with van der Waals surface area (Å²) in [6.07, 6.45) is 3.85. The highest BCUT2D eigenvalue weighted by atomic mass is 16.5. The first-order valence-electron chi connectivity index (χ1n) is 9.15. The van der Waals surface area contributed by atoms with Gasteiger partial charge in [-0.15, -0.1) is 0 Å². The molecule has 0 heterocycles. The Kier molecular flexibility index (Phi) is 5.71. The zero-order chi connectivity index (χ0) is 18.0. The van der Waals surface area contributed by atoms with Crippen LogP contribution in [0.2, 0.25) is 0 Å². The third-order valence-corrected chi connectivity index (χ3v) is 6.31. The summed E-state index contributed by atoms with van der Waals surface area (Å²) in [6.45, 7) is 11.1. The van der Waals surface area contributed by atoms with E-state index in [-0.39, 0.29) is 29.2 Å². The molecule has 2 aliphatic rings. The fourth-order valence-corrected chi connectivity index (χ4v) is 4.27. The second-order valence-electron chi connectivity index (χ2n) is 7.68. The Hall–Kier alpha value is -1.39. The lowest BCUT2D eigenvalue weighted by atomic mass is 9.70. The number of aliphatic imine (C=N–C) groups is 1. The van der Waals surface area contributed by atoms with Crippen molar-refractivity contribution in [3.63, 3.8) is 0 Å². The zero-order valence-corrected chi connectivity index (χ0v) is 15.7. The molecule has 0 aromatic carbocycles. The Morgan fingerprint density at radius 3 is 2.38 bits per heavy atom. The summed E-state index contributed by atoms with van der Waals surface area (Å²) in [5.74, 6) is 0.0131. The Morgan fingerprint density at radius 1 is 1.21 bits per heavy atom. The maximum absolute atomic E-state index is 12.3. The molecule has 2 bridgehead atoms. The Labute approximate surface area is 145 Å². The molecule has 0 aromatic heterocycles. The van der Waals surface area contributed by atoms with Crippen LogP contribution in [0.4, 0.5) is 0 Å². The van der Waals surface area contributed by atoms with Crippen LogP contribution in [0, 0.1) is 16.7 Å². The van der Waals surface area contributed by atoms with E-state index < -0.39 is 6.04 Å². The number of nitrogens with zero attached hydrogens (tertiary/aromatic N) is 1. The highest BCUT2D eigenvalue weighted by molar-refractivity contribution is 5.96. The van der Waals surface area contributed by atoms with Gasteiger partial charge in [-0.3, -0.25) is 9.79 Å². The van der Waals surface area contributed by atoms with Crippen molar-refractivity contribution >= 4 is 17.7 Å². The number of carbonyl (C=O) groups is 2. The van der Waals surface area contributed by atoms with Gasteiger partial charge in [0, 0.05) is 17.5 Å². The van der Waals surface area contributed by atoms with Crippen LogP contribution >= 0.6 is 0 Å². The van der Waals surface area contributed by atoms with Crippen LogP contribution in [0.3, 0.4) is 0 Å². The van der Waals surface area contributed by atoms with Gasteiger partial charge in [-0.25, -0.2) is 4.79 Å². The molecule has 0 amide bonds. The minimum Gasteiger partial charge on any atom is -0.466 e. The standard InChI is InChI=1S/C19H31NO4/c1-6-23-16(21)9-8-14(17(22)24-7-2)20-15-12-13-10-11-19(15,5)18(13,3)4/h13-14H,6-12H2,1-5H3/t13-,14-,19+/m0/s1. The molecule has 0 aliphatic heterocycles. The van der Waals surface area contributed by atoms with Gasteiger partial charge in [-0.05, 0) is 50.9 Å². The zero-order valence-electron chi connectivity index (χ0n) is 15.7. The maximum atomic E-state index is 12.3. The summed E-state index contributed by atoms with van der Waals surface area (Å²) in [6, 6.07) is -0.601. The number of hydrogen-bond acceptors (Lipinski definition) is 5. The summed E-state index contributed by atoms with van der Waals surface area (Å²) in [5, 5.41) is 0. The average Bonchev–Trinajstić information content (AvgIpc) is 2.85. The van der Waals surface area contributed by atoms with Crippen molar-refractivity contribution in [2.75, 3.05) is 13.2 Å². The smallest absolute Gasteiger partial charge is 0.330 e. The van der Waals surface area contributed by atoms with E-state index >= 15 is 0 Å². The van der Waals surface area contributed by atoms with Crippen LogP contribution in [-0.2, 0) is 19.1 Å². The molecule has 0 unspecified atom stereocenters. The Bertz CT molecular complexity index is 525. The first-order valence-corrected chi connectivity index (χ1v) is 9.15. The van der Waals surface area contributed by atoms with E-state index in [2.05, 4.69) is 20.8 Å². The second-order valence-corrected chi connectivity index (χ2v) is 7.68. The van der Waals surface area contributed by atoms with Crippen LogP contribution in [0.25, 0.3) is 0 Å². The van der Waals surface area contributed by atoms with Gasteiger partial charge in [0.25, 0.3) is 0 Å². The van der Waals surface area contributed by atoms with Crippen LogP contribution < -0.4 is 0 Å². The number of carbonyl (C=O) groups excluding carboxylic acids is 2. The number of fused-ring (bicyclic) bond motifs is 2. The van der Waals surface area contributed by atoms with Crippen LogP contribution in [-0.4, -0.2) is 36.9 Å². The predicted octanol–water partition coefficient (Wildman–Crippen LogP) is 3.55. The molecule has 5 nitrogen and oxygen atoms in total. The molecule has 0 spiro atoms. The van der Waals surface area contributed by atoms with Crippen molar-refractivity contribution in [2.24, 2.45) is 21.7 Å². The Morgan fingerprint density at radius 2 is 1.88 bits per heavy atom. The van der Waals surface area contributed by atoms with Crippen LogP contribution in [0.1, 0.15) is 66.7 Å². The van der Waals surface area contributed by atoms with Gasteiger partial charge >= 0.3 is 11.9 Å². The first-order chi connectivity index (χ1) is 11.3. The summed E-state index contributed by atoms with van der Waals surface area (Å²) < 4.78 is 10.1. The van der Waals surface area contributed by atoms with Gasteiger partial charge in [0.2, 0.25) is 0 Å². The molecule has 0 radical (unpaired) electrons. The van der Waals surface area contributed by atoms with Crippen molar-refractivity contribution in [2.45, 2.75) is 72.8 Å². The fraction of sp³-hybridized carbons (Fsp3) is 0.842. The van der Waals surface area contributed by atoms with Crippen LogP contribution in [0.5, 0.6) is 0 Å².